The molecule has 138 valence electrons. The molecule has 1 atom stereocenters. The lowest BCUT2D eigenvalue weighted by Gasteiger charge is -2.34. The van der Waals surface area contributed by atoms with Crippen LogP contribution in [0.2, 0.25) is 0 Å². The Morgan fingerprint density at radius 2 is 1.76 bits per heavy atom. The van der Waals surface area contributed by atoms with Crippen molar-refractivity contribution in [3.63, 3.8) is 0 Å². The number of ether oxygens (including phenoxy) is 3. The van der Waals surface area contributed by atoms with Gasteiger partial charge in [-0.05, 0) is 42.7 Å². The topological polar surface area (TPSA) is 69.2 Å². The Morgan fingerprint density at radius 3 is 2.24 bits per heavy atom. The zero-order valence-electron chi connectivity index (χ0n) is 15.9. The van der Waals surface area contributed by atoms with Gasteiger partial charge in [0.2, 0.25) is 5.75 Å². The van der Waals surface area contributed by atoms with Gasteiger partial charge in [-0.2, -0.15) is 5.10 Å². The van der Waals surface area contributed by atoms with Crippen LogP contribution in [0, 0.1) is 11.3 Å². The lowest BCUT2D eigenvalue weighted by molar-refractivity contribution is 0.0953. The Hall–Kier alpha value is -2.24. The number of amides is 1. The van der Waals surface area contributed by atoms with Gasteiger partial charge in [-0.1, -0.05) is 20.8 Å². The van der Waals surface area contributed by atoms with E-state index in [9.17, 15) is 4.79 Å². The van der Waals surface area contributed by atoms with Crippen LogP contribution >= 0.6 is 0 Å². The molecule has 25 heavy (non-hydrogen) atoms. The first-order valence-corrected chi connectivity index (χ1v) is 8.45. The van der Waals surface area contributed by atoms with Crippen LogP contribution in [-0.4, -0.2) is 32.9 Å². The SMILES string of the molecule is COc1cc(C(=O)N/N=C2/CC(C)CC(C)(C)C2)cc(OC)c1OC. The van der Waals surface area contributed by atoms with E-state index >= 15 is 0 Å². The first-order chi connectivity index (χ1) is 11.8. The zero-order chi connectivity index (χ0) is 18.6. The van der Waals surface area contributed by atoms with E-state index < -0.39 is 0 Å². The molecule has 6 nitrogen and oxygen atoms in total. The monoisotopic (exact) mass is 348 g/mol. The Balaban J connectivity index is 2.19. The highest BCUT2D eigenvalue weighted by molar-refractivity contribution is 5.97. The molecule has 0 saturated heterocycles. The lowest BCUT2D eigenvalue weighted by Crippen LogP contribution is -2.30. The third-order valence-corrected chi connectivity index (χ3v) is 4.41. The van der Waals surface area contributed by atoms with Crippen LogP contribution in [0.25, 0.3) is 0 Å². The van der Waals surface area contributed by atoms with Crippen LogP contribution in [0.3, 0.4) is 0 Å². The fraction of sp³-hybridized carbons (Fsp3) is 0.579. The maximum Gasteiger partial charge on any atom is 0.271 e. The molecule has 0 aromatic heterocycles. The van der Waals surface area contributed by atoms with Gasteiger partial charge in [0, 0.05) is 11.3 Å². The fourth-order valence-corrected chi connectivity index (χ4v) is 3.61. The largest absolute Gasteiger partial charge is 0.493 e. The molecule has 1 aliphatic rings. The van der Waals surface area contributed by atoms with Gasteiger partial charge in [-0.3, -0.25) is 4.79 Å². The number of nitrogens with one attached hydrogen (secondary N) is 1. The average molecular weight is 348 g/mol. The number of carbonyl (C=O) groups excluding carboxylic acids is 1. The highest BCUT2D eigenvalue weighted by atomic mass is 16.5. The molecule has 1 saturated carbocycles. The van der Waals surface area contributed by atoms with Crippen LogP contribution in [-0.2, 0) is 0 Å². The molecular weight excluding hydrogens is 320 g/mol. The van der Waals surface area contributed by atoms with Crippen molar-refractivity contribution in [1.29, 1.82) is 0 Å². The second kappa shape index (κ2) is 7.76. The van der Waals surface area contributed by atoms with Crippen molar-refractivity contribution in [1.82, 2.24) is 5.43 Å². The van der Waals surface area contributed by atoms with E-state index in [0.717, 1.165) is 18.6 Å². The maximum absolute atomic E-state index is 12.5. The minimum absolute atomic E-state index is 0.216. The van der Waals surface area contributed by atoms with Gasteiger partial charge in [-0.25, -0.2) is 5.43 Å². The van der Waals surface area contributed by atoms with E-state index in [4.69, 9.17) is 14.2 Å². The predicted molar refractivity (Wildman–Crippen MR) is 97.8 cm³/mol. The van der Waals surface area contributed by atoms with Gasteiger partial charge in [0.05, 0.1) is 21.3 Å². The standard InChI is InChI=1S/C19H28N2O4/c1-12-7-14(11-19(2,3)10-12)20-21-18(22)13-8-15(23-4)17(25-6)16(9-13)24-5/h8-9,12H,7,10-11H2,1-6H3,(H,21,22)/b20-14-. The van der Waals surface area contributed by atoms with Crippen molar-refractivity contribution in [2.75, 3.05) is 21.3 Å². The van der Waals surface area contributed by atoms with Crippen molar-refractivity contribution >= 4 is 11.6 Å². The van der Waals surface area contributed by atoms with Crippen molar-refractivity contribution in [3.8, 4) is 17.2 Å². The van der Waals surface area contributed by atoms with Gasteiger partial charge in [0.1, 0.15) is 0 Å². The molecule has 0 aliphatic heterocycles. The summed E-state index contributed by atoms with van der Waals surface area (Å²) in [6, 6.07) is 3.23. The number of hydrogen-bond acceptors (Lipinski definition) is 5. The van der Waals surface area contributed by atoms with E-state index in [1.54, 1.807) is 12.1 Å². The van der Waals surface area contributed by atoms with E-state index in [0.29, 0.717) is 28.7 Å². The molecule has 1 aromatic carbocycles. The first-order valence-electron chi connectivity index (χ1n) is 8.45. The van der Waals surface area contributed by atoms with Crippen LogP contribution in [0.1, 0.15) is 50.4 Å². The number of carbonyl (C=O) groups is 1. The molecule has 1 N–H and O–H groups in total. The number of hydrazone groups is 1. The third kappa shape index (κ3) is 4.65. The van der Waals surface area contributed by atoms with Gasteiger partial charge < -0.3 is 14.2 Å². The molecule has 0 heterocycles. The first kappa shape index (κ1) is 19.1. The van der Waals surface area contributed by atoms with Crippen LogP contribution in [0.15, 0.2) is 17.2 Å². The zero-order valence-corrected chi connectivity index (χ0v) is 15.9. The van der Waals surface area contributed by atoms with E-state index in [2.05, 4.69) is 31.3 Å². The number of hydrogen-bond donors (Lipinski definition) is 1. The van der Waals surface area contributed by atoms with Crippen molar-refractivity contribution in [2.24, 2.45) is 16.4 Å². The summed E-state index contributed by atoms with van der Waals surface area (Å²) in [6.07, 6.45) is 2.98. The van der Waals surface area contributed by atoms with E-state index in [1.807, 2.05) is 0 Å². The van der Waals surface area contributed by atoms with Crippen molar-refractivity contribution in [2.45, 2.75) is 40.0 Å². The summed E-state index contributed by atoms with van der Waals surface area (Å²) in [5.41, 5.74) is 4.32. The lowest BCUT2D eigenvalue weighted by atomic mass is 9.72. The third-order valence-electron chi connectivity index (χ3n) is 4.41. The molecule has 0 radical (unpaired) electrons. The second-order valence-electron chi connectivity index (χ2n) is 7.39. The quantitative estimate of drug-likeness (QED) is 0.825. The van der Waals surface area contributed by atoms with Gasteiger partial charge in [0.25, 0.3) is 5.91 Å². The normalized spacial score (nSPS) is 20.9. The molecule has 6 heteroatoms. The highest BCUT2D eigenvalue weighted by Gasteiger charge is 2.29. The molecule has 0 spiro atoms. The maximum atomic E-state index is 12.5. The highest BCUT2D eigenvalue weighted by Crippen LogP contribution is 2.38. The molecule has 0 bridgehead atoms. The average Bonchev–Trinajstić information content (AvgIpc) is 2.56. The van der Waals surface area contributed by atoms with Crippen molar-refractivity contribution in [3.05, 3.63) is 17.7 Å². The molecule has 1 aromatic rings. The smallest absolute Gasteiger partial charge is 0.271 e. The van der Waals surface area contributed by atoms with E-state index in [1.165, 1.54) is 27.8 Å². The summed E-state index contributed by atoms with van der Waals surface area (Å²) in [7, 11) is 4.56. The number of rotatable bonds is 5. The molecule has 2 rings (SSSR count). The summed E-state index contributed by atoms with van der Waals surface area (Å²) in [5.74, 6) is 1.60. The molecule has 1 fully saturated rings. The summed E-state index contributed by atoms with van der Waals surface area (Å²) < 4.78 is 15.8. The van der Waals surface area contributed by atoms with E-state index in [-0.39, 0.29) is 11.3 Å². The van der Waals surface area contributed by atoms with Crippen LogP contribution in [0.5, 0.6) is 17.2 Å². The summed E-state index contributed by atoms with van der Waals surface area (Å²) in [4.78, 5) is 12.5. The minimum atomic E-state index is -0.303. The Labute approximate surface area is 149 Å². The molecular formula is C19H28N2O4. The second-order valence-corrected chi connectivity index (χ2v) is 7.39. The summed E-state index contributed by atoms with van der Waals surface area (Å²) >= 11 is 0. The van der Waals surface area contributed by atoms with Gasteiger partial charge in [0.15, 0.2) is 11.5 Å². The van der Waals surface area contributed by atoms with Crippen LogP contribution < -0.4 is 19.6 Å². The molecule has 1 unspecified atom stereocenters. The number of benzene rings is 1. The van der Waals surface area contributed by atoms with Crippen LogP contribution in [0.4, 0.5) is 0 Å². The summed E-state index contributed by atoms with van der Waals surface area (Å²) in [6.45, 7) is 6.69. The molecule has 1 aliphatic carbocycles. The molecule has 1 amide bonds. The number of nitrogens with zero attached hydrogens (tertiary/aromatic N) is 1. The van der Waals surface area contributed by atoms with Gasteiger partial charge >= 0.3 is 0 Å². The Kier molecular flexibility index (Phi) is 5.93. The minimum Gasteiger partial charge on any atom is -0.493 e. The predicted octanol–water partition coefficient (Wildman–Crippen LogP) is 3.64. The number of methoxy groups -OCH3 is 3. The fourth-order valence-electron chi connectivity index (χ4n) is 3.61. The van der Waals surface area contributed by atoms with Gasteiger partial charge in [-0.15, -0.1) is 0 Å². The Morgan fingerprint density at radius 1 is 1.16 bits per heavy atom. The van der Waals surface area contributed by atoms with Crippen molar-refractivity contribution < 1.29 is 19.0 Å². The summed E-state index contributed by atoms with van der Waals surface area (Å²) in [5, 5.41) is 4.36. The Bertz CT molecular complexity index is 642.